The lowest BCUT2D eigenvalue weighted by molar-refractivity contribution is -0.154. The highest BCUT2D eigenvalue weighted by molar-refractivity contribution is 5.94. The summed E-state index contributed by atoms with van der Waals surface area (Å²) in [6.07, 6.45) is -2.60. The fourth-order valence-corrected chi connectivity index (χ4v) is 1.99. The molecule has 0 spiro atoms. The third kappa shape index (κ3) is 7.08. The Labute approximate surface area is 149 Å². The van der Waals surface area contributed by atoms with Crippen LogP contribution >= 0.6 is 24.8 Å². The monoisotopic (exact) mass is 391 g/mol. The Morgan fingerprint density at radius 2 is 2.08 bits per heavy atom. The maximum absolute atomic E-state index is 12.0. The van der Waals surface area contributed by atoms with Gasteiger partial charge in [0.1, 0.15) is 6.10 Å². The quantitative estimate of drug-likeness (QED) is 0.803. The zero-order chi connectivity index (χ0) is 16.2. The van der Waals surface area contributed by atoms with E-state index < -0.39 is 18.9 Å². The first-order chi connectivity index (χ1) is 10.4. The number of anilines is 1. The Kier molecular flexibility index (Phi) is 9.34. The number of carbonyl (C=O) groups excluding carboxylic acids is 1. The van der Waals surface area contributed by atoms with Crippen molar-refractivity contribution in [2.45, 2.75) is 31.2 Å². The zero-order valence-corrected chi connectivity index (χ0v) is 14.0. The van der Waals surface area contributed by atoms with Gasteiger partial charge in [-0.25, -0.2) is 4.98 Å². The average Bonchev–Trinajstić information content (AvgIpc) is 2.95. The molecular weight excluding hydrogens is 374 g/mol. The van der Waals surface area contributed by atoms with Crippen molar-refractivity contribution in [3.05, 3.63) is 18.3 Å². The highest BCUT2D eigenvalue weighted by atomic mass is 35.5. The van der Waals surface area contributed by atoms with Gasteiger partial charge < -0.3 is 20.5 Å². The Morgan fingerprint density at radius 3 is 2.58 bits per heavy atom. The maximum atomic E-state index is 12.0. The predicted octanol–water partition coefficient (Wildman–Crippen LogP) is 2.31. The van der Waals surface area contributed by atoms with Gasteiger partial charge in [-0.15, -0.1) is 24.8 Å². The molecule has 138 valence electrons. The lowest BCUT2D eigenvalue weighted by Crippen LogP contribution is -2.29. The molecule has 1 saturated heterocycles. The first-order valence-electron chi connectivity index (χ1n) is 6.69. The van der Waals surface area contributed by atoms with Gasteiger partial charge in [0.15, 0.2) is 6.61 Å². The molecule has 0 radical (unpaired) electrons. The lowest BCUT2D eigenvalue weighted by Gasteiger charge is -2.13. The zero-order valence-electron chi connectivity index (χ0n) is 12.4. The van der Waals surface area contributed by atoms with Gasteiger partial charge in [0.25, 0.3) is 5.91 Å². The van der Waals surface area contributed by atoms with E-state index in [1.807, 2.05) is 0 Å². The van der Waals surface area contributed by atoms with Crippen LogP contribution in [-0.4, -0.2) is 42.4 Å². The minimum atomic E-state index is -4.42. The van der Waals surface area contributed by atoms with E-state index in [1.54, 1.807) is 0 Å². The van der Waals surface area contributed by atoms with Crippen LogP contribution in [0.5, 0.6) is 5.88 Å². The van der Waals surface area contributed by atoms with E-state index in [9.17, 15) is 18.0 Å². The fourth-order valence-electron chi connectivity index (χ4n) is 1.99. The van der Waals surface area contributed by atoms with Crippen molar-refractivity contribution in [2.75, 3.05) is 18.5 Å². The topological polar surface area (TPSA) is 86.5 Å². The van der Waals surface area contributed by atoms with Crippen LogP contribution in [-0.2, 0) is 9.53 Å². The summed E-state index contributed by atoms with van der Waals surface area (Å²) in [5.41, 5.74) is 5.81. The summed E-state index contributed by atoms with van der Waals surface area (Å²) in [6, 6.07) is 2.66. The van der Waals surface area contributed by atoms with E-state index in [4.69, 9.17) is 10.5 Å². The minimum absolute atomic E-state index is 0. The molecule has 2 atom stereocenters. The van der Waals surface area contributed by atoms with Crippen molar-refractivity contribution in [1.29, 1.82) is 0 Å². The molecular formula is C13H18Cl2F3N3O3. The maximum Gasteiger partial charge on any atom is 0.422 e. The lowest BCUT2D eigenvalue weighted by atomic mass is 10.2. The van der Waals surface area contributed by atoms with Gasteiger partial charge in [-0.1, -0.05) is 0 Å². The second-order valence-corrected chi connectivity index (χ2v) is 4.84. The number of alkyl halides is 3. The van der Waals surface area contributed by atoms with Crippen LogP contribution in [0.3, 0.4) is 0 Å². The fraction of sp³-hybridized carbons (Fsp3) is 0.538. The molecule has 24 heavy (non-hydrogen) atoms. The number of nitrogens with two attached hydrogens (primary N) is 1. The molecule has 0 aliphatic carbocycles. The third-order valence-electron chi connectivity index (χ3n) is 3.05. The van der Waals surface area contributed by atoms with Crippen molar-refractivity contribution < 1.29 is 27.4 Å². The molecule has 1 aromatic rings. The number of halogens is 5. The van der Waals surface area contributed by atoms with E-state index >= 15 is 0 Å². The molecule has 1 amide bonds. The van der Waals surface area contributed by atoms with Gasteiger partial charge in [-0.3, -0.25) is 4.79 Å². The molecule has 1 aliphatic heterocycles. The van der Waals surface area contributed by atoms with Gasteiger partial charge in [-0.2, -0.15) is 13.2 Å². The molecule has 0 saturated carbocycles. The van der Waals surface area contributed by atoms with Crippen LogP contribution in [0.15, 0.2) is 18.3 Å². The number of pyridine rings is 1. The second-order valence-electron chi connectivity index (χ2n) is 4.84. The molecule has 0 aromatic carbocycles. The van der Waals surface area contributed by atoms with Gasteiger partial charge in [0.2, 0.25) is 5.88 Å². The number of amides is 1. The van der Waals surface area contributed by atoms with Gasteiger partial charge in [0.05, 0.1) is 18.0 Å². The summed E-state index contributed by atoms with van der Waals surface area (Å²) in [5.74, 6) is -0.502. The summed E-state index contributed by atoms with van der Waals surface area (Å²) in [6.45, 7) is -1.06. The predicted molar refractivity (Wildman–Crippen MR) is 85.9 cm³/mol. The highest BCUT2D eigenvalue weighted by Gasteiger charge is 2.30. The number of carbonyl (C=O) groups is 1. The van der Waals surface area contributed by atoms with E-state index in [0.29, 0.717) is 18.7 Å². The van der Waals surface area contributed by atoms with Crippen molar-refractivity contribution in [1.82, 2.24) is 4.98 Å². The average molecular weight is 392 g/mol. The third-order valence-corrected chi connectivity index (χ3v) is 3.05. The number of rotatable bonds is 5. The molecule has 1 aromatic heterocycles. The van der Waals surface area contributed by atoms with Crippen LogP contribution in [0, 0.1) is 0 Å². The first kappa shape index (κ1) is 22.7. The number of hydrogen-bond acceptors (Lipinski definition) is 5. The largest absolute Gasteiger partial charge is 0.468 e. The number of hydrogen-bond donors (Lipinski definition) is 2. The van der Waals surface area contributed by atoms with E-state index in [0.717, 1.165) is 6.42 Å². The first-order valence-corrected chi connectivity index (χ1v) is 6.69. The van der Waals surface area contributed by atoms with Crippen LogP contribution in [0.25, 0.3) is 0 Å². The minimum Gasteiger partial charge on any atom is -0.468 e. The van der Waals surface area contributed by atoms with Crippen molar-refractivity contribution in [2.24, 2.45) is 5.73 Å². The number of nitrogens with zero attached hydrogens (tertiary/aromatic N) is 1. The second kappa shape index (κ2) is 9.87. The van der Waals surface area contributed by atoms with Crippen molar-refractivity contribution in [3.63, 3.8) is 0 Å². The van der Waals surface area contributed by atoms with Gasteiger partial charge in [-0.05, 0) is 18.9 Å². The SMILES string of the molecule is Cl.Cl.NC[C@H]1CC[C@@H](C(=O)Nc2ccc(OCC(F)(F)F)nc2)O1. The molecule has 11 heteroatoms. The molecule has 2 rings (SSSR count). The Hall–Kier alpha value is -1.29. The number of nitrogens with one attached hydrogen (secondary N) is 1. The Balaban J connectivity index is 0.00000264. The molecule has 2 heterocycles. The van der Waals surface area contributed by atoms with Gasteiger partial charge in [0, 0.05) is 12.6 Å². The van der Waals surface area contributed by atoms with Crippen LogP contribution < -0.4 is 15.8 Å². The van der Waals surface area contributed by atoms with E-state index in [2.05, 4.69) is 15.0 Å². The molecule has 6 nitrogen and oxygen atoms in total. The number of aromatic nitrogens is 1. The number of ether oxygens (including phenoxy) is 2. The van der Waals surface area contributed by atoms with E-state index in [-0.39, 0.29) is 42.7 Å². The summed E-state index contributed by atoms with van der Waals surface area (Å²) in [7, 11) is 0. The molecule has 3 N–H and O–H groups in total. The van der Waals surface area contributed by atoms with Crippen molar-refractivity contribution >= 4 is 36.4 Å². The van der Waals surface area contributed by atoms with Crippen LogP contribution in [0.1, 0.15) is 12.8 Å². The summed E-state index contributed by atoms with van der Waals surface area (Å²) >= 11 is 0. The van der Waals surface area contributed by atoms with Crippen LogP contribution in [0.4, 0.5) is 18.9 Å². The normalized spacial score (nSPS) is 19.8. The molecule has 0 bridgehead atoms. The standard InChI is InChI=1S/C13H16F3N3O3.2ClH/c14-13(15,16)7-21-11-4-1-8(6-18-11)19-12(20)10-3-2-9(5-17)22-10;;/h1,4,6,9-10H,2-3,5,7,17H2,(H,19,20);2*1H/t9-,10+;;/m1../s1. The Bertz CT molecular complexity index is 517. The molecule has 1 aliphatic rings. The Morgan fingerprint density at radius 1 is 1.38 bits per heavy atom. The molecule has 1 fully saturated rings. The highest BCUT2D eigenvalue weighted by Crippen LogP contribution is 2.21. The summed E-state index contributed by atoms with van der Waals surface area (Å²) < 4.78 is 45.9. The molecule has 0 unspecified atom stereocenters. The van der Waals surface area contributed by atoms with Crippen LogP contribution in [0.2, 0.25) is 0 Å². The van der Waals surface area contributed by atoms with E-state index in [1.165, 1.54) is 18.3 Å². The smallest absolute Gasteiger partial charge is 0.422 e. The van der Waals surface area contributed by atoms with Gasteiger partial charge >= 0.3 is 6.18 Å². The van der Waals surface area contributed by atoms with Crippen molar-refractivity contribution in [3.8, 4) is 5.88 Å². The summed E-state index contributed by atoms with van der Waals surface area (Å²) in [5, 5.41) is 2.58. The summed E-state index contributed by atoms with van der Waals surface area (Å²) in [4.78, 5) is 15.6.